The van der Waals surface area contributed by atoms with Crippen molar-refractivity contribution in [3.8, 4) is 0 Å². The number of alkyl halides is 3. The zero-order chi connectivity index (χ0) is 14.8. The Morgan fingerprint density at radius 2 is 1.95 bits per heavy atom. The zero-order valence-corrected chi connectivity index (χ0v) is 11.6. The summed E-state index contributed by atoms with van der Waals surface area (Å²) in [4.78, 5) is 2.07. The average molecular weight is 305 g/mol. The van der Waals surface area contributed by atoms with E-state index in [-0.39, 0.29) is 11.1 Å². The second-order valence-corrected chi connectivity index (χ2v) is 5.05. The van der Waals surface area contributed by atoms with Crippen molar-refractivity contribution in [3.05, 3.63) is 47.0 Å². The van der Waals surface area contributed by atoms with Gasteiger partial charge in [0.1, 0.15) is 0 Å². The fraction of sp³-hybridized carbons (Fsp3) is 0.429. The number of nitrogens with one attached hydrogen (secondary N) is 1. The van der Waals surface area contributed by atoms with Crippen LogP contribution in [0.4, 0.5) is 13.2 Å². The van der Waals surface area contributed by atoms with Crippen LogP contribution in [-0.2, 0) is 6.18 Å². The second kappa shape index (κ2) is 6.16. The first kappa shape index (κ1) is 15.4. The molecule has 1 atom stereocenters. The maximum atomic E-state index is 12.9. The quantitative estimate of drug-likeness (QED) is 0.860. The van der Waals surface area contributed by atoms with Crippen molar-refractivity contribution in [1.82, 2.24) is 10.2 Å². The third-order valence-corrected chi connectivity index (χ3v) is 3.84. The van der Waals surface area contributed by atoms with Crippen LogP contribution >= 0.6 is 11.6 Å². The lowest BCUT2D eigenvalue weighted by Crippen LogP contribution is -2.44. The van der Waals surface area contributed by atoms with Gasteiger partial charge in [-0.15, -0.1) is 6.58 Å². The van der Waals surface area contributed by atoms with Crippen LogP contribution in [0.5, 0.6) is 0 Å². The highest BCUT2D eigenvalue weighted by molar-refractivity contribution is 6.32. The molecule has 0 unspecified atom stereocenters. The SMILES string of the molecule is C=C[C@H](c1cccc(C(F)(F)F)c1Cl)N1CCNCC1. The number of piperazine rings is 1. The normalized spacial score (nSPS) is 18.8. The van der Waals surface area contributed by atoms with E-state index in [0.29, 0.717) is 5.56 Å². The summed E-state index contributed by atoms with van der Waals surface area (Å²) in [6, 6.07) is 3.73. The van der Waals surface area contributed by atoms with Crippen molar-refractivity contribution in [2.45, 2.75) is 12.2 Å². The average Bonchev–Trinajstić information content (AvgIpc) is 2.41. The number of hydrogen-bond donors (Lipinski definition) is 1. The van der Waals surface area contributed by atoms with Crippen LogP contribution in [0.1, 0.15) is 17.2 Å². The number of rotatable bonds is 3. The predicted molar refractivity (Wildman–Crippen MR) is 73.8 cm³/mol. The lowest BCUT2D eigenvalue weighted by Gasteiger charge is -2.34. The highest BCUT2D eigenvalue weighted by Crippen LogP contribution is 2.39. The molecule has 2 rings (SSSR count). The minimum absolute atomic E-state index is 0.233. The Hall–Kier alpha value is -1.04. The van der Waals surface area contributed by atoms with Crippen molar-refractivity contribution in [1.29, 1.82) is 0 Å². The number of nitrogens with zero attached hydrogens (tertiary/aromatic N) is 1. The van der Waals surface area contributed by atoms with Crippen LogP contribution in [0, 0.1) is 0 Å². The van der Waals surface area contributed by atoms with Gasteiger partial charge in [-0.05, 0) is 11.6 Å². The molecule has 20 heavy (non-hydrogen) atoms. The minimum Gasteiger partial charge on any atom is -0.314 e. The van der Waals surface area contributed by atoms with Crippen LogP contribution in [0.3, 0.4) is 0 Å². The van der Waals surface area contributed by atoms with Gasteiger partial charge in [0.15, 0.2) is 0 Å². The van der Waals surface area contributed by atoms with Crippen LogP contribution in [0.15, 0.2) is 30.9 Å². The molecular weight excluding hydrogens is 289 g/mol. The standard InChI is InChI=1S/C14H16ClF3N2/c1-2-12(20-8-6-19-7-9-20)10-4-3-5-11(13(10)15)14(16,17)18/h2-5,12,19H,1,6-9H2/t12-/m1/s1. The van der Waals surface area contributed by atoms with Crippen LogP contribution < -0.4 is 5.32 Å². The molecule has 1 aromatic rings. The lowest BCUT2D eigenvalue weighted by atomic mass is 10.0. The molecule has 0 spiro atoms. The third kappa shape index (κ3) is 3.16. The van der Waals surface area contributed by atoms with E-state index in [2.05, 4.69) is 16.8 Å². The van der Waals surface area contributed by atoms with Gasteiger partial charge in [-0.1, -0.05) is 29.8 Å². The van der Waals surface area contributed by atoms with Crippen molar-refractivity contribution >= 4 is 11.6 Å². The molecule has 1 aliphatic rings. The van der Waals surface area contributed by atoms with Crippen LogP contribution in [-0.4, -0.2) is 31.1 Å². The van der Waals surface area contributed by atoms with E-state index in [1.807, 2.05) is 0 Å². The summed E-state index contributed by atoms with van der Waals surface area (Å²) in [5.74, 6) is 0. The fourth-order valence-corrected chi connectivity index (χ4v) is 2.78. The first-order valence-electron chi connectivity index (χ1n) is 6.38. The molecule has 6 heteroatoms. The van der Waals surface area contributed by atoms with E-state index in [9.17, 15) is 13.2 Å². The van der Waals surface area contributed by atoms with E-state index in [4.69, 9.17) is 11.6 Å². The van der Waals surface area contributed by atoms with Crippen molar-refractivity contribution in [2.75, 3.05) is 26.2 Å². The highest BCUT2D eigenvalue weighted by atomic mass is 35.5. The molecule has 0 radical (unpaired) electrons. The third-order valence-electron chi connectivity index (χ3n) is 3.42. The summed E-state index contributed by atoms with van der Waals surface area (Å²) in [6.07, 6.45) is -2.80. The molecule has 0 aliphatic carbocycles. The summed E-state index contributed by atoms with van der Waals surface area (Å²) in [5.41, 5.74) is -0.336. The van der Waals surface area contributed by atoms with Gasteiger partial charge in [0.25, 0.3) is 0 Å². The molecule has 1 heterocycles. The largest absolute Gasteiger partial charge is 0.417 e. The lowest BCUT2D eigenvalue weighted by molar-refractivity contribution is -0.137. The number of halogens is 4. The smallest absolute Gasteiger partial charge is 0.314 e. The first-order chi connectivity index (χ1) is 9.45. The molecule has 0 saturated carbocycles. The molecule has 1 fully saturated rings. The van der Waals surface area contributed by atoms with Gasteiger partial charge in [-0.2, -0.15) is 13.2 Å². The Labute approximate surface area is 121 Å². The monoisotopic (exact) mass is 304 g/mol. The molecule has 0 bridgehead atoms. The summed E-state index contributed by atoms with van der Waals surface area (Å²) in [5, 5.41) is 2.97. The Balaban J connectivity index is 2.37. The molecule has 0 amide bonds. The minimum atomic E-state index is -4.44. The van der Waals surface area contributed by atoms with E-state index >= 15 is 0 Å². The fourth-order valence-electron chi connectivity index (χ4n) is 2.43. The maximum Gasteiger partial charge on any atom is 0.417 e. The Bertz CT molecular complexity index is 482. The Morgan fingerprint density at radius 1 is 1.30 bits per heavy atom. The van der Waals surface area contributed by atoms with Crippen LogP contribution in [0.25, 0.3) is 0 Å². The van der Waals surface area contributed by atoms with Gasteiger partial charge in [0.05, 0.1) is 16.6 Å². The zero-order valence-electron chi connectivity index (χ0n) is 10.9. The van der Waals surface area contributed by atoms with Gasteiger partial charge in [-0.25, -0.2) is 0 Å². The van der Waals surface area contributed by atoms with Gasteiger partial charge in [-0.3, -0.25) is 4.90 Å². The second-order valence-electron chi connectivity index (χ2n) is 4.67. The van der Waals surface area contributed by atoms with Gasteiger partial charge >= 0.3 is 6.18 Å². The molecule has 2 nitrogen and oxygen atoms in total. The summed E-state index contributed by atoms with van der Waals surface area (Å²) in [7, 11) is 0. The number of hydrogen-bond acceptors (Lipinski definition) is 2. The predicted octanol–water partition coefficient (Wildman–Crippen LogP) is 3.49. The molecule has 110 valence electrons. The van der Waals surface area contributed by atoms with E-state index in [1.54, 1.807) is 12.1 Å². The van der Waals surface area contributed by atoms with Gasteiger partial charge < -0.3 is 5.32 Å². The summed E-state index contributed by atoms with van der Waals surface area (Å²) >= 11 is 5.98. The Morgan fingerprint density at radius 3 is 2.50 bits per heavy atom. The number of benzene rings is 1. The molecular formula is C14H16ClF3N2. The molecule has 1 saturated heterocycles. The molecule has 1 aliphatic heterocycles. The van der Waals surface area contributed by atoms with Crippen LogP contribution in [0.2, 0.25) is 5.02 Å². The van der Waals surface area contributed by atoms with Crippen molar-refractivity contribution in [3.63, 3.8) is 0 Å². The van der Waals surface area contributed by atoms with E-state index in [1.165, 1.54) is 6.07 Å². The molecule has 0 aromatic heterocycles. The first-order valence-corrected chi connectivity index (χ1v) is 6.76. The van der Waals surface area contributed by atoms with Gasteiger partial charge in [0.2, 0.25) is 0 Å². The summed E-state index contributed by atoms with van der Waals surface area (Å²) < 4.78 is 38.7. The Kier molecular flexibility index (Phi) is 4.73. The topological polar surface area (TPSA) is 15.3 Å². The molecule has 1 N–H and O–H groups in total. The van der Waals surface area contributed by atoms with E-state index < -0.39 is 11.7 Å². The maximum absolute atomic E-state index is 12.9. The molecule has 1 aromatic carbocycles. The van der Waals surface area contributed by atoms with E-state index in [0.717, 1.165) is 32.2 Å². The summed E-state index contributed by atoms with van der Waals surface area (Å²) in [6.45, 7) is 6.86. The van der Waals surface area contributed by atoms with Crippen molar-refractivity contribution < 1.29 is 13.2 Å². The highest BCUT2D eigenvalue weighted by Gasteiger charge is 2.35. The van der Waals surface area contributed by atoms with Crippen molar-refractivity contribution in [2.24, 2.45) is 0 Å². The van der Waals surface area contributed by atoms with Gasteiger partial charge in [0, 0.05) is 26.2 Å².